The molecule has 0 aromatic heterocycles. The Balaban J connectivity index is 1.25. The van der Waals surface area contributed by atoms with Gasteiger partial charge in [0, 0.05) is 24.0 Å². The van der Waals surface area contributed by atoms with E-state index in [1.54, 1.807) is 31.5 Å². The summed E-state index contributed by atoms with van der Waals surface area (Å²) in [6, 6.07) is 20.9. The number of benzene rings is 3. The van der Waals surface area contributed by atoms with E-state index in [4.69, 9.17) is 4.74 Å². The molecule has 0 saturated carbocycles. The zero-order chi connectivity index (χ0) is 26.5. The summed E-state index contributed by atoms with van der Waals surface area (Å²) < 4.78 is 5.21. The molecule has 2 heterocycles. The molecule has 7 heteroatoms. The number of nitrogens with one attached hydrogen (secondary N) is 2. The predicted molar refractivity (Wildman–Crippen MR) is 150 cm³/mol. The molecule has 1 saturated heterocycles. The van der Waals surface area contributed by atoms with Crippen molar-refractivity contribution in [1.29, 1.82) is 0 Å². The minimum absolute atomic E-state index is 0.144. The van der Waals surface area contributed by atoms with Crippen LogP contribution in [0.15, 0.2) is 71.7 Å². The molecule has 2 aliphatic rings. The fourth-order valence-electron chi connectivity index (χ4n) is 5.05. The Hall–Kier alpha value is -3.97. The summed E-state index contributed by atoms with van der Waals surface area (Å²) in [6.07, 6.45) is 5.55. The average molecular weight is 511 g/mol. The molecule has 2 atom stereocenters. The molecular formula is C31H34N4O3. The van der Waals surface area contributed by atoms with Crippen molar-refractivity contribution in [2.45, 2.75) is 44.7 Å². The second-order valence-electron chi connectivity index (χ2n) is 10.0. The van der Waals surface area contributed by atoms with Crippen molar-refractivity contribution in [3.05, 3.63) is 89.0 Å². The summed E-state index contributed by atoms with van der Waals surface area (Å²) in [4.78, 5) is 32.8. The molecule has 2 unspecified atom stereocenters. The lowest BCUT2D eigenvalue weighted by Crippen LogP contribution is -2.28. The van der Waals surface area contributed by atoms with E-state index in [9.17, 15) is 9.59 Å². The number of aliphatic imine (C=N–C) groups is 1. The Kier molecular flexibility index (Phi) is 7.84. The molecule has 2 N–H and O–H groups in total. The van der Waals surface area contributed by atoms with Crippen molar-refractivity contribution < 1.29 is 14.3 Å². The number of hydrogen-bond acceptors (Lipinski definition) is 5. The summed E-state index contributed by atoms with van der Waals surface area (Å²) in [5.41, 5.74) is 5.02. The molecule has 3 aromatic rings. The Bertz CT molecular complexity index is 1310. The van der Waals surface area contributed by atoms with Crippen LogP contribution in [-0.2, 0) is 11.3 Å². The maximum Gasteiger partial charge on any atom is 0.251 e. The molecule has 0 aliphatic carbocycles. The monoisotopic (exact) mass is 510 g/mol. The van der Waals surface area contributed by atoms with Gasteiger partial charge in [0.15, 0.2) is 0 Å². The van der Waals surface area contributed by atoms with Crippen molar-refractivity contribution in [2.24, 2.45) is 4.99 Å². The lowest BCUT2D eigenvalue weighted by molar-refractivity contribution is -0.115. The number of methoxy groups -OCH3 is 1. The lowest BCUT2D eigenvalue weighted by atomic mass is 9.99. The molecule has 5 rings (SSSR count). The van der Waals surface area contributed by atoms with Crippen molar-refractivity contribution in [2.75, 3.05) is 25.5 Å². The zero-order valence-electron chi connectivity index (χ0n) is 21.9. The molecule has 7 nitrogen and oxygen atoms in total. The molecule has 38 heavy (non-hydrogen) atoms. The molecular weight excluding hydrogens is 476 g/mol. The van der Waals surface area contributed by atoms with Crippen LogP contribution in [0.5, 0.6) is 5.75 Å². The van der Waals surface area contributed by atoms with Crippen LogP contribution in [-0.4, -0.2) is 43.1 Å². The van der Waals surface area contributed by atoms with E-state index in [-0.39, 0.29) is 17.9 Å². The summed E-state index contributed by atoms with van der Waals surface area (Å²) in [5, 5.41) is 5.94. The maximum atomic E-state index is 13.0. The van der Waals surface area contributed by atoms with Crippen molar-refractivity contribution >= 4 is 29.4 Å². The number of ether oxygens (including phenoxy) is 1. The number of hydrogen-bond donors (Lipinski definition) is 2. The van der Waals surface area contributed by atoms with Crippen molar-refractivity contribution in [3.8, 4) is 5.75 Å². The van der Waals surface area contributed by atoms with Gasteiger partial charge in [-0.3, -0.25) is 19.5 Å². The fourth-order valence-corrected chi connectivity index (χ4v) is 5.05. The van der Waals surface area contributed by atoms with Gasteiger partial charge in [0.25, 0.3) is 5.91 Å². The molecule has 1 fully saturated rings. The van der Waals surface area contributed by atoms with E-state index < -0.39 is 5.92 Å². The smallest absolute Gasteiger partial charge is 0.251 e. The third kappa shape index (κ3) is 5.94. The maximum absolute atomic E-state index is 13.0. The van der Waals surface area contributed by atoms with Crippen LogP contribution in [0.3, 0.4) is 0 Å². The lowest BCUT2D eigenvalue weighted by Gasteiger charge is -2.26. The summed E-state index contributed by atoms with van der Waals surface area (Å²) in [5.74, 6) is -0.126. The van der Waals surface area contributed by atoms with Crippen LogP contribution < -0.4 is 15.4 Å². The highest BCUT2D eigenvalue weighted by Gasteiger charge is 2.30. The number of amides is 2. The van der Waals surface area contributed by atoms with E-state index in [0.29, 0.717) is 11.3 Å². The van der Waals surface area contributed by atoms with Gasteiger partial charge in [-0.1, -0.05) is 30.7 Å². The first-order valence-corrected chi connectivity index (χ1v) is 13.3. The van der Waals surface area contributed by atoms with Crippen LogP contribution in [0.2, 0.25) is 0 Å². The predicted octanol–water partition coefficient (Wildman–Crippen LogP) is 5.61. The first kappa shape index (κ1) is 25.7. The van der Waals surface area contributed by atoms with E-state index in [0.717, 1.165) is 42.2 Å². The first-order chi connectivity index (χ1) is 18.5. The third-order valence-electron chi connectivity index (χ3n) is 7.32. The number of fused-ring (bicyclic) bond motifs is 1. The highest BCUT2D eigenvalue weighted by Crippen LogP contribution is 2.33. The van der Waals surface area contributed by atoms with Gasteiger partial charge >= 0.3 is 0 Å². The number of carbonyl (C=O) groups excluding carboxylic acids is 2. The Morgan fingerprint density at radius 1 is 1.08 bits per heavy atom. The van der Waals surface area contributed by atoms with Crippen molar-refractivity contribution in [1.82, 2.24) is 10.2 Å². The second kappa shape index (κ2) is 11.6. The highest BCUT2D eigenvalue weighted by atomic mass is 16.5. The number of likely N-dealkylation sites (tertiary alicyclic amines) is 1. The van der Waals surface area contributed by atoms with E-state index in [1.165, 1.54) is 24.8 Å². The summed E-state index contributed by atoms with van der Waals surface area (Å²) in [7, 11) is 1.62. The van der Waals surface area contributed by atoms with E-state index in [2.05, 4.69) is 32.7 Å². The minimum Gasteiger partial charge on any atom is -0.497 e. The summed E-state index contributed by atoms with van der Waals surface area (Å²) in [6.45, 7) is 5.22. The Morgan fingerprint density at radius 3 is 2.53 bits per heavy atom. The average Bonchev–Trinajstić information content (AvgIpc) is 3.27. The van der Waals surface area contributed by atoms with Gasteiger partial charge in [0.2, 0.25) is 5.91 Å². The molecule has 0 radical (unpaired) electrons. The van der Waals surface area contributed by atoms with Crippen LogP contribution in [0.25, 0.3) is 0 Å². The van der Waals surface area contributed by atoms with Gasteiger partial charge in [0.05, 0.1) is 18.8 Å². The number of nitrogens with zero attached hydrogens (tertiary/aromatic N) is 2. The molecule has 3 aromatic carbocycles. The standard InChI is InChI=1S/C31H34N4O3/c1-21(23-8-13-26(38-2)14-9-23)33-30(36)24-10-15-29-27(18-24)28(31(37)34-29)19-32-25-11-6-22(7-12-25)20-35-16-4-3-5-17-35/h6-15,18-19,21,28H,3-5,16-17,20H2,1-2H3,(H,33,36)(H,34,37). The number of rotatable bonds is 8. The Labute approximate surface area is 223 Å². The van der Waals surface area contributed by atoms with E-state index >= 15 is 0 Å². The van der Waals surface area contributed by atoms with Crippen LogP contribution >= 0.6 is 0 Å². The SMILES string of the molecule is COc1ccc(C(C)NC(=O)c2ccc3c(c2)C(C=Nc2ccc(CN4CCCCC4)cc2)C(=O)N3)cc1. The summed E-state index contributed by atoms with van der Waals surface area (Å²) >= 11 is 0. The highest BCUT2D eigenvalue weighted by molar-refractivity contribution is 6.13. The van der Waals surface area contributed by atoms with Gasteiger partial charge < -0.3 is 15.4 Å². The van der Waals surface area contributed by atoms with E-state index in [1.807, 2.05) is 43.3 Å². The van der Waals surface area contributed by atoms with Gasteiger partial charge in [-0.25, -0.2) is 0 Å². The molecule has 2 amide bonds. The zero-order valence-corrected chi connectivity index (χ0v) is 21.9. The largest absolute Gasteiger partial charge is 0.497 e. The third-order valence-corrected chi connectivity index (χ3v) is 7.32. The second-order valence-corrected chi connectivity index (χ2v) is 10.0. The fraction of sp³-hybridized carbons (Fsp3) is 0.323. The van der Waals surface area contributed by atoms with Crippen molar-refractivity contribution in [3.63, 3.8) is 0 Å². The molecule has 0 spiro atoms. The number of anilines is 1. The topological polar surface area (TPSA) is 83.0 Å². The van der Waals surface area contributed by atoms with Crippen LogP contribution in [0.4, 0.5) is 11.4 Å². The molecule has 196 valence electrons. The molecule has 0 bridgehead atoms. The van der Waals surface area contributed by atoms with Gasteiger partial charge in [-0.05, 0) is 92.0 Å². The van der Waals surface area contributed by atoms with Crippen LogP contribution in [0, 0.1) is 0 Å². The normalized spacial score (nSPS) is 18.2. The quantitative estimate of drug-likeness (QED) is 0.386. The van der Waals surface area contributed by atoms with Gasteiger partial charge in [0.1, 0.15) is 11.7 Å². The van der Waals surface area contributed by atoms with Gasteiger partial charge in [-0.15, -0.1) is 0 Å². The van der Waals surface area contributed by atoms with Crippen LogP contribution in [0.1, 0.15) is 65.2 Å². The number of carbonyl (C=O) groups is 2. The van der Waals surface area contributed by atoms with Gasteiger partial charge in [-0.2, -0.15) is 0 Å². The minimum atomic E-state index is -0.551. The number of piperidine rings is 1. The Morgan fingerprint density at radius 2 is 1.82 bits per heavy atom. The first-order valence-electron chi connectivity index (χ1n) is 13.3. The molecule has 2 aliphatic heterocycles.